The zero-order chi connectivity index (χ0) is 10.7. The molecule has 0 unspecified atom stereocenters. The summed E-state index contributed by atoms with van der Waals surface area (Å²) in [5.41, 5.74) is -0.0275. The van der Waals surface area contributed by atoms with Crippen LogP contribution in [0, 0.1) is 11.6 Å². The molecule has 1 aromatic carbocycles. The lowest BCUT2D eigenvalue weighted by Gasteiger charge is -2.10. The molecule has 0 bridgehead atoms. The molecule has 1 rings (SSSR count). The van der Waals surface area contributed by atoms with Crippen molar-refractivity contribution in [3.8, 4) is 0 Å². The number of aldehydes is 1. The minimum atomic E-state index is -0.619. The monoisotopic (exact) mass is 262 g/mol. The predicted molar refractivity (Wildman–Crippen MR) is 53.2 cm³/mol. The third kappa shape index (κ3) is 2.38. The van der Waals surface area contributed by atoms with Crippen molar-refractivity contribution < 1.29 is 13.6 Å². The van der Waals surface area contributed by atoms with Gasteiger partial charge in [0.25, 0.3) is 0 Å². The molecule has 0 saturated heterocycles. The van der Waals surface area contributed by atoms with Crippen LogP contribution in [0.1, 0.15) is 24.8 Å². The van der Waals surface area contributed by atoms with Crippen molar-refractivity contribution in [3.63, 3.8) is 0 Å². The van der Waals surface area contributed by atoms with E-state index in [4.69, 9.17) is 0 Å². The van der Waals surface area contributed by atoms with E-state index in [1.165, 1.54) is 12.1 Å². The lowest BCUT2D eigenvalue weighted by Crippen LogP contribution is -2.02. The number of hydrogen-bond donors (Lipinski definition) is 0. The Balaban J connectivity index is 3.13. The quantitative estimate of drug-likeness (QED) is 0.763. The van der Waals surface area contributed by atoms with E-state index >= 15 is 0 Å². The lowest BCUT2D eigenvalue weighted by molar-refractivity contribution is -0.108. The molecular formula is C10H9BrF2O. The van der Waals surface area contributed by atoms with Crippen LogP contribution in [0.5, 0.6) is 0 Å². The van der Waals surface area contributed by atoms with E-state index in [0.717, 1.165) is 0 Å². The van der Waals surface area contributed by atoms with E-state index < -0.39 is 17.6 Å². The van der Waals surface area contributed by atoms with Gasteiger partial charge in [0.15, 0.2) is 0 Å². The summed E-state index contributed by atoms with van der Waals surface area (Å²) >= 11 is 2.99. The number of carbonyl (C=O) groups is 1. The summed E-state index contributed by atoms with van der Waals surface area (Å²) in [6.07, 6.45) is 0.779. The van der Waals surface area contributed by atoms with Gasteiger partial charge in [0.2, 0.25) is 0 Å². The average Bonchev–Trinajstić information content (AvgIpc) is 2.01. The Bertz CT molecular complexity index is 329. The normalized spacial score (nSPS) is 12.6. The van der Waals surface area contributed by atoms with Crippen LogP contribution < -0.4 is 0 Å². The van der Waals surface area contributed by atoms with Crippen LogP contribution in [0.2, 0.25) is 0 Å². The third-order valence-corrected chi connectivity index (χ3v) is 2.44. The van der Waals surface area contributed by atoms with E-state index in [0.29, 0.717) is 10.8 Å². The van der Waals surface area contributed by atoms with Gasteiger partial charge in [-0.05, 0) is 18.1 Å². The molecular weight excluding hydrogens is 254 g/mol. The van der Waals surface area contributed by atoms with E-state index in [1.807, 2.05) is 0 Å². The second-order valence-electron chi connectivity index (χ2n) is 3.09. The first-order chi connectivity index (χ1) is 6.56. The Morgan fingerprint density at radius 1 is 1.43 bits per heavy atom. The van der Waals surface area contributed by atoms with Gasteiger partial charge in [0.1, 0.15) is 17.9 Å². The van der Waals surface area contributed by atoms with Gasteiger partial charge < -0.3 is 4.79 Å². The largest absolute Gasteiger partial charge is 0.303 e. The number of benzene rings is 1. The molecule has 0 amide bonds. The Kier molecular flexibility index (Phi) is 3.75. The van der Waals surface area contributed by atoms with Gasteiger partial charge in [-0.3, -0.25) is 0 Å². The van der Waals surface area contributed by atoms with Gasteiger partial charge in [-0.2, -0.15) is 0 Å². The first-order valence-electron chi connectivity index (χ1n) is 4.14. The maximum Gasteiger partial charge on any atom is 0.130 e. The number of hydrogen-bond acceptors (Lipinski definition) is 1. The fraction of sp³-hybridized carbons (Fsp3) is 0.300. The Morgan fingerprint density at radius 3 is 2.36 bits per heavy atom. The van der Waals surface area contributed by atoms with Crippen molar-refractivity contribution in [1.29, 1.82) is 0 Å². The standard InChI is InChI=1S/C10H9BrF2O/c1-6(2-3-14)10-8(12)4-7(11)5-9(10)13/h3-6H,2H2,1H3/t6-/m0/s1. The molecule has 0 aliphatic heterocycles. The summed E-state index contributed by atoms with van der Waals surface area (Å²) < 4.78 is 27.0. The molecule has 0 aliphatic rings. The fourth-order valence-electron chi connectivity index (χ4n) is 1.29. The van der Waals surface area contributed by atoms with Gasteiger partial charge >= 0.3 is 0 Å². The summed E-state index contributed by atoms with van der Waals surface area (Å²) in [5.74, 6) is -1.67. The topological polar surface area (TPSA) is 17.1 Å². The van der Waals surface area contributed by atoms with Crippen LogP contribution in [-0.4, -0.2) is 6.29 Å². The van der Waals surface area contributed by atoms with Crippen LogP contribution in [0.25, 0.3) is 0 Å². The Hall–Kier alpha value is -0.770. The summed E-state index contributed by atoms with van der Waals surface area (Å²) in [7, 11) is 0. The third-order valence-electron chi connectivity index (χ3n) is 1.99. The lowest BCUT2D eigenvalue weighted by atomic mass is 9.97. The van der Waals surface area contributed by atoms with Crippen LogP contribution in [0.4, 0.5) is 8.78 Å². The fourth-order valence-corrected chi connectivity index (χ4v) is 1.69. The molecule has 0 N–H and O–H groups in total. The molecule has 1 aromatic rings. The summed E-state index contributed by atoms with van der Waals surface area (Å²) in [5, 5.41) is 0. The van der Waals surface area contributed by atoms with Gasteiger partial charge in [-0.1, -0.05) is 22.9 Å². The highest BCUT2D eigenvalue weighted by Crippen LogP contribution is 2.27. The minimum absolute atomic E-state index is 0.0275. The van der Waals surface area contributed by atoms with Crippen molar-refractivity contribution >= 4 is 22.2 Å². The van der Waals surface area contributed by atoms with Crippen molar-refractivity contribution in [2.24, 2.45) is 0 Å². The molecule has 0 spiro atoms. The molecule has 0 aliphatic carbocycles. The molecule has 4 heteroatoms. The van der Waals surface area contributed by atoms with Crippen molar-refractivity contribution in [1.82, 2.24) is 0 Å². The van der Waals surface area contributed by atoms with Crippen LogP contribution in [0.15, 0.2) is 16.6 Å². The zero-order valence-corrected chi connectivity index (χ0v) is 9.14. The van der Waals surface area contributed by atoms with Crippen LogP contribution in [-0.2, 0) is 4.79 Å². The zero-order valence-electron chi connectivity index (χ0n) is 7.56. The smallest absolute Gasteiger partial charge is 0.130 e. The molecule has 0 radical (unpaired) electrons. The molecule has 1 atom stereocenters. The van der Waals surface area contributed by atoms with Gasteiger partial charge in [0, 0.05) is 16.5 Å². The SMILES string of the molecule is C[C@@H](CC=O)c1c(F)cc(Br)cc1F. The van der Waals surface area contributed by atoms with Crippen molar-refractivity contribution in [2.75, 3.05) is 0 Å². The van der Waals surface area contributed by atoms with E-state index in [-0.39, 0.29) is 12.0 Å². The molecule has 0 saturated carbocycles. The van der Waals surface area contributed by atoms with Gasteiger partial charge in [-0.15, -0.1) is 0 Å². The molecule has 1 nitrogen and oxygen atoms in total. The average molecular weight is 263 g/mol. The number of halogens is 3. The minimum Gasteiger partial charge on any atom is -0.303 e. The first kappa shape index (κ1) is 11.3. The molecule has 76 valence electrons. The second kappa shape index (κ2) is 4.64. The Morgan fingerprint density at radius 2 is 1.93 bits per heavy atom. The van der Waals surface area contributed by atoms with Crippen LogP contribution in [0.3, 0.4) is 0 Å². The highest BCUT2D eigenvalue weighted by atomic mass is 79.9. The van der Waals surface area contributed by atoms with Gasteiger partial charge in [0.05, 0.1) is 0 Å². The van der Waals surface area contributed by atoms with E-state index in [2.05, 4.69) is 15.9 Å². The van der Waals surface area contributed by atoms with Crippen molar-refractivity contribution in [3.05, 3.63) is 33.8 Å². The van der Waals surface area contributed by atoms with Crippen LogP contribution >= 0.6 is 15.9 Å². The maximum absolute atomic E-state index is 13.3. The predicted octanol–water partition coefficient (Wildman–Crippen LogP) is 3.42. The first-order valence-corrected chi connectivity index (χ1v) is 4.93. The molecule has 0 aromatic heterocycles. The summed E-state index contributed by atoms with van der Waals surface area (Å²) in [6, 6.07) is 2.39. The summed E-state index contributed by atoms with van der Waals surface area (Å²) in [6.45, 7) is 1.61. The maximum atomic E-state index is 13.3. The van der Waals surface area contributed by atoms with E-state index in [1.54, 1.807) is 6.92 Å². The summed E-state index contributed by atoms with van der Waals surface area (Å²) in [4.78, 5) is 10.2. The highest BCUT2D eigenvalue weighted by Gasteiger charge is 2.16. The van der Waals surface area contributed by atoms with E-state index in [9.17, 15) is 13.6 Å². The Labute approximate surface area is 89.3 Å². The van der Waals surface area contributed by atoms with Gasteiger partial charge in [-0.25, -0.2) is 8.78 Å². The molecule has 0 heterocycles. The molecule has 14 heavy (non-hydrogen) atoms. The van der Waals surface area contributed by atoms with Crippen molar-refractivity contribution in [2.45, 2.75) is 19.3 Å². The second-order valence-corrected chi connectivity index (χ2v) is 4.00. The number of carbonyl (C=O) groups excluding carboxylic acids is 1. The number of rotatable bonds is 3. The molecule has 0 fully saturated rings. The highest BCUT2D eigenvalue weighted by molar-refractivity contribution is 9.10.